The highest BCUT2D eigenvalue weighted by atomic mass is 16.5. The third-order valence-corrected chi connectivity index (χ3v) is 5.15. The van der Waals surface area contributed by atoms with Crippen molar-refractivity contribution in [1.82, 2.24) is 9.97 Å². The Morgan fingerprint density at radius 1 is 1.03 bits per heavy atom. The molecule has 1 fully saturated rings. The minimum absolute atomic E-state index is 0.233. The molecule has 1 aliphatic heterocycles. The summed E-state index contributed by atoms with van der Waals surface area (Å²) in [5.41, 5.74) is 4.29. The molecule has 1 aromatic heterocycles. The van der Waals surface area contributed by atoms with Crippen molar-refractivity contribution < 1.29 is 4.74 Å². The summed E-state index contributed by atoms with van der Waals surface area (Å²) < 4.78 is 5.72. The summed E-state index contributed by atoms with van der Waals surface area (Å²) in [6.07, 6.45) is 2.44. The number of rotatable bonds is 7. The lowest BCUT2D eigenvalue weighted by Crippen LogP contribution is -2.20. The Morgan fingerprint density at radius 2 is 1.83 bits per heavy atom. The van der Waals surface area contributed by atoms with Crippen molar-refractivity contribution in [3.05, 3.63) is 66.2 Å². The molecule has 4 rings (SSSR count). The largest absolute Gasteiger partial charge is 0.376 e. The van der Waals surface area contributed by atoms with Gasteiger partial charge >= 0.3 is 0 Å². The van der Waals surface area contributed by atoms with Gasteiger partial charge in [0.1, 0.15) is 5.82 Å². The van der Waals surface area contributed by atoms with E-state index in [0.717, 1.165) is 48.8 Å². The molecule has 29 heavy (non-hydrogen) atoms. The quantitative estimate of drug-likeness (QED) is 0.551. The van der Waals surface area contributed by atoms with Crippen LogP contribution in [0, 0.1) is 0 Å². The molecule has 0 amide bonds. The van der Waals surface area contributed by atoms with Crippen LogP contribution < -0.4 is 10.6 Å². The van der Waals surface area contributed by atoms with E-state index in [1.807, 2.05) is 30.3 Å². The average molecular weight is 389 g/mol. The average Bonchev–Trinajstić information content (AvgIpc) is 3.27. The van der Waals surface area contributed by atoms with Gasteiger partial charge in [-0.25, -0.2) is 4.98 Å². The molecule has 5 heteroatoms. The summed E-state index contributed by atoms with van der Waals surface area (Å²) in [5, 5.41) is 6.88. The predicted octanol–water partition coefficient (Wildman–Crippen LogP) is 5.60. The molecule has 1 saturated heterocycles. The summed E-state index contributed by atoms with van der Waals surface area (Å²) in [5.74, 6) is 1.82. The number of benzene rings is 2. The number of anilines is 3. The minimum atomic E-state index is 0.233. The molecule has 0 aliphatic carbocycles. The lowest BCUT2D eigenvalue weighted by Gasteiger charge is -2.16. The van der Waals surface area contributed by atoms with Crippen LogP contribution in [0.3, 0.4) is 0 Å². The predicted molar refractivity (Wildman–Crippen MR) is 119 cm³/mol. The smallest absolute Gasteiger partial charge is 0.225 e. The number of ether oxygens (including phenoxy) is 1. The molecule has 2 aromatic carbocycles. The van der Waals surface area contributed by atoms with Crippen LogP contribution in [0.25, 0.3) is 11.3 Å². The number of aromatic nitrogens is 2. The zero-order valence-electron chi connectivity index (χ0n) is 17.1. The first-order valence-corrected chi connectivity index (χ1v) is 10.3. The van der Waals surface area contributed by atoms with Gasteiger partial charge in [0, 0.05) is 30.5 Å². The molecule has 1 aliphatic rings. The first kappa shape index (κ1) is 19.4. The fourth-order valence-electron chi connectivity index (χ4n) is 3.61. The van der Waals surface area contributed by atoms with Gasteiger partial charge in [-0.3, -0.25) is 0 Å². The summed E-state index contributed by atoms with van der Waals surface area (Å²) in [6.45, 7) is 5.96. The molecule has 3 aromatic rings. The zero-order chi connectivity index (χ0) is 20.1. The number of nitrogens with one attached hydrogen (secondary N) is 2. The second-order valence-corrected chi connectivity index (χ2v) is 7.71. The van der Waals surface area contributed by atoms with Crippen LogP contribution in [-0.2, 0) is 4.74 Å². The van der Waals surface area contributed by atoms with Gasteiger partial charge in [0.2, 0.25) is 5.95 Å². The van der Waals surface area contributed by atoms with E-state index in [1.165, 1.54) is 5.56 Å². The van der Waals surface area contributed by atoms with Crippen LogP contribution >= 0.6 is 0 Å². The Hall–Kier alpha value is -2.92. The third-order valence-electron chi connectivity index (χ3n) is 5.15. The van der Waals surface area contributed by atoms with Crippen molar-refractivity contribution in [3.63, 3.8) is 0 Å². The van der Waals surface area contributed by atoms with Gasteiger partial charge in [0.25, 0.3) is 0 Å². The highest BCUT2D eigenvalue weighted by Crippen LogP contribution is 2.28. The summed E-state index contributed by atoms with van der Waals surface area (Å²) in [4.78, 5) is 9.47. The van der Waals surface area contributed by atoms with E-state index in [4.69, 9.17) is 14.7 Å². The Kier molecular flexibility index (Phi) is 6.06. The van der Waals surface area contributed by atoms with E-state index in [1.54, 1.807) is 0 Å². The number of para-hydroxylation sites is 1. The molecule has 0 bridgehead atoms. The van der Waals surface area contributed by atoms with Crippen LogP contribution in [0.5, 0.6) is 0 Å². The molecular formula is C24H28N4O. The van der Waals surface area contributed by atoms with Crippen molar-refractivity contribution in [2.45, 2.75) is 38.7 Å². The van der Waals surface area contributed by atoms with Crippen LogP contribution in [0.2, 0.25) is 0 Å². The second-order valence-electron chi connectivity index (χ2n) is 7.71. The van der Waals surface area contributed by atoms with E-state index >= 15 is 0 Å². The number of hydrogen-bond donors (Lipinski definition) is 2. The van der Waals surface area contributed by atoms with E-state index in [0.29, 0.717) is 11.9 Å². The van der Waals surface area contributed by atoms with Crippen molar-refractivity contribution in [1.29, 1.82) is 0 Å². The van der Waals surface area contributed by atoms with Crippen molar-refractivity contribution in [3.8, 4) is 11.3 Å². The van der Waals surface area contributed by atoms with Gasteiger partial charge in [-0.2, -0.15) is 4.98 Å². The Bertz CT molecular complexity index is 937. The maximum absolute atomic E-state index is 5.72. The lowest BCUT2D eigenvalue weighted by molar-refractivity contribution is 0.120. The van der Waals surface area contributed by atoms with E-state index < -0.39 is 0 Å². The molecule has 1 atom stereocenters. The van der Waals surface area contributed by atoms with Gasteiger partial charge in [-0.15, -0.1) is 0 Å². The lowest BCUT2D eigenvalue weighted by atomic mass is 10.0. The third kappa shape index (κ3) is 4.93. The van der Waals surface area contributed by atoms with E-state index in [9.17, 15) is 0 Å². The van der Waals surface area contributed by atoms with Crippen LogP contribution in [-0.4, -0.2) is 29.2 Å². The Balaban J connectivity index is 1.64. The number of hydrogen-bond acceptors (Lipinski definition) is 5. The summed E-state index contributed by atoms with van der Waals surface area (Å²) in [7, 11) is 0. The SMILES string of the molecule is CC(C)c1ccccc1Nc1cc(-c2ccccc2)nc(NCC2CCCO2)n1. The van der Waals surface area contributed by atoms with Crippen molar-refractivity contribution >= 4 is 17.5 Å². The van der Waals surface area contributed by atoms with Gasteiger partial charge < -0.3 is 15.4 Å². The normalized spacial score (nSPS) is 16.2. The maximum Gasteiger partial charge on any atom is 0.225 e. The summed E-state index contributed by atoms with van der Waals surface area (Å²) >= 11 is 0. The van der Waals surface area contributed by atoms with Crippen LogP contribution in [0.15, 0.2) is 60.7 Å². The Morgan fingerprint density at radius 3 is 2.59 bits per heavy atom. The summed E-state index contributed by atoms with van der Waals surface area (Å²) in [6, 6.07) is 20.6. The Labute approximate surface area is 172 Å². The molecule has 2 heterocycles. The van der Waals surface area contributed by atoms with Gasteiger partial charge in [0.15, 0.2) is 0 Å². The molecule has 0 saturated carbocycles. The highest BCUT2D eigenvalue weighted by Gasteiger charge is 2.16. The van der Waals surface area contributed by atoms with E-state index in [2.05, 4.69) is 54.8 Å². The highest BCUT2D eigenvalue weighted by molar-refractivity contribution is 5.68. The molecular weight excluding hydrogens is 360 g/mol. The van der Waals surface area contributed by atoms with Gasteiger partial charge in [0.05, 0.1) is 11.8 Å². The second kappa shape index (κ2) is 9.05. The monoisotopic (exact) mass is 388 g/mol. The van der Waals surface area contributed by atoms with Gasteiger partial charge in [-0.1, -0.05) is 62.4 Å². The fourth-order valence-corrected chi connectivity index (χ4v) is 3.61. The molecule has 0 spiro atoms. The zero-order valence-corrected chi connectivity index (χ0v) is 17.1. The van der Waals surface area contributed by atoms with E-state index in [-0.39, 0.29) is 6.10 Å². The number of nitrogens with zero attached hydrogens (tertiary/aromatic N) is 2. The van der Waals surface area contributed by atoms with Crippen molar-refractivity contribution in [2.75, 3.05) is 23.8 Å². The van der Waals surface area contributed by atoms with Crippen LogP contribution in [0.4, 0.5) is 17.5 Å². The standard InChI is InChI=1S/C24H28N4O/c1-17(2)20-12-6-7-13-21(20)26-23-15-22(18-9-4-3-5-10-18)27-24(28-23)25-16-19-11-8-14-29-19/h3-7,9-10,12-13,15,17,19H,8,11,14,16H2,1-2H3,(H2,25,26,27,28). The molecule has 1 unspecified atom stereocenters. The minimum Gasteiger partial charge on any atom is -0.376 e. The van der Waals surface area contributed by atoms with Crippen LogP contribution in [0.1, 0.15) is 38.2 Å². The fraction of sp³-hybridized carbons (Fsp3) is 0.333. The first-order valence-electron chi connectivity index (χ1n) is 10.3. The molecule has 0 radical (unpaired) electrons. The van der Waals surface area contributed by atoms with Crippen molar-refractivity contribution in [2.24, 2.45) is 0 Å². The topological polar surface area (TPSA) is 59.1 Å². The molecule has 5 nitrogen and oxygen atoms in total. The maximum atomic E-state index is 5.72. The molecule has 2 N–H and O–H groups in total. The molecule has 150 valence electrons. The first-order chi connectivity index (χ1) is 14.2. The van der Waals surface area contributed by atoms with Gasteiger partial charge in [-0.05, 0) is 30.4 Å².